The van der Waals surface area contributed by atoms with E-state index in [-0.39, 0.29) is 12.6 Å². The van der Waals surface area contributed by atoms with Crippen LogP contribution in [0.1, 0.15) is 34.1 Å². The second-order valence-electron chi connectivity index (χ2n) is 3.37. The predicted molar refractivity (Wildman–Crippen MR) is 51.2 cm³/mol. The summed E-state index contributed by atoms with van der Waals surface area (Å²) in [6, 6.07) is 0. The standard InChI is InChI=1S/C10H18O3/c1-5-7-12-8-9(11)13-10(3,4)6-2/h5,7H,6,8H2,1-4H3/b7-5-. The van der Waals surface area contributed by atoms with Gasteiger partial charge in [0, 0.05) is 0 Å². The minimum atomic E-state index is -0.392. The summed E-state index contributed by atoms with van der Waals surface area (Å²) in [5.41, 5.74) is -0.392. The zero-order valence-corrected chi connectivity index (χ0v) is 8.79. The monoisotopic (exact) mass is 186 g/mol. The molecule has 0 atom stereocenters. The van der Waals surface area contributed by atoms with Crippen molar-refractivity contribution in [3.05, 3.63) is 12.3 Å². The average Bonchev–Trinajstić information content (AvgIpc) is 2.04. The number of rotatable bonds is 5. The van der Waals surface area contributed by atoms with Gasteiger partial charge in [-0.25, -0.2) is 4.79 Å². The second kappa shape index (κ2) is 5.62. The van der Waals surface area contributed by atoms with Gasteiger partial charge in [0.25, 0.3) is 0 Å². The maximum absolute atomic E-state index is 11.1. The molecule has 0 saturated carbocycles. The second-order valence-corrected chi connectivity index (χ2v) is 3.37. The summed E-state index contributed by atoms with van der Waals surface area (Å²) in [6.07, 6.45) is 3.99. The van der Waals surface area contributed by atoms with Crippen molar-refractivity contribution in [1.29, 1.82) is 0 Å². The first-order valence-electron chi connectivity index (χ1n) is 4.46. The van der Waals surface area contributed by atoms with Crippen molar-refractivity contribution in [2.24, 2.45) is 0 Å². The van der Waals surface area contributed by atoms with E-state index in [0.717, 1.165) is 6.42 Å². The molecular weight excluding hydrogens is 168 g/mol. The molecule has 0 radical (unpaired) electrons. The largest absolute Gasteiger partial charge is 0.490 e. The lowest BCUT2D eigenvalue weighted by Crippen LogP contribution is -2.28. The van der Waals surface area contributed by atoms with Crippen LogP contribution in [0, 0.1) is 0 Å². The van der Waals surface area contributed by atoms with Crippen LogP contribution < -0.4 is 0 Å². The molecule has 0 aromatic carbocycles. The number of esters is 1. The Balaban J connectivity index is 3.74. The molecule has 0 aromatic rings. The Kier molecular flexibility index (Phi) is 5.19. The van der Waals surface area contributed by atoms with Crippen LogP contribution in [-0.2, 0) is 14.3 Å². The maximum Gasteiger partial charge on any atom is 0.344 e. The topological polar surface area (TPSA) is 35.5 Å². The van der Waals surface area contributed by atoms with Crippen LogP contribution in [0.3, 0.4) is 0 Å². The number of hydrogen-bond acceptors (Lipinski definition) is 3. The van der Waals surface area contributed by atoms with Gasteiger partial charge >= 0.3 is 5.97 Å². The van der Waals surface area contributed by atoms with Gasteiger partial charge < -0.3 is 9.47 Å². The summed E-state index contributed by atoms with van der Waals surface area (Å²) < 4.78 is 10.0. The Labute approximate surface area is 79.7 Å². The minimum absolute atomic E-state index is 0.0201. The van der Waals surface area contributed by atoms with Crippen LogP contribution in [0.25, 0.3) is 0 Å². The highest BCUT2D eigenvalue weighted by atomic mass is 16.6. The molecular formula is C10H18O3. The zero-order chi connectivity index (χ0) is 10.3. The molecule has 13 heavy (non-hydrogen) atoms. The molecule has 0 amide bonds. The fraction of sp³-hybridized carbons (Fsp3) is 0.700. The van der Waals surface area contributed by atoms with E-state index in [9.17, 15) is 4.79 Å². The van der Waals surface area contributed by atoms with Crippen LogP contribution in [0.2, 0.25) is 0 Å². The van der Waals surface area contributed by atoms with E-state index in [1.54, 1.807) is 6.08 Å². The Hall–Kier alpha value is -0.990. The lowest BCUT2D eigenvalue weighted by molar-refractivity contribution is -0.160. The Morgan fingerprint density at radius 3 is 2.54 bits per heavy atom. The molecule has 0 saturated heterocycles. The number of hydrogen-bond donors (Lipinski definition) is 0. The van der Waals surface area contributed by atoms with Crippen molar-refractivity contribution in [1.82, 2.24) is 0 Å². The summed E-state index contributed by atoms with van der Waals surface area (Å²) in [5.74, 6) is -0.329. The van der Waals surface area contributed by atoms with Crippen LogP contribution in [-0.4, -0.2) is 18.2 Å². The third-order valence-electron chi connectivity index (χ3n) is 1.68. The van der Waals surface area contributed by atoms with Crippen molar-refractivity contribution >= 4 is 5.97 Å². The number of carbonyl (C=O) groups excluding carboxylic acids is 1. The summed E-state index contributed by atoms with van der Waals surface area (Å²) in [4.78, 5) is 11.1. The molecule has 0 bridgehead atoms. The fourth-order valence-corrected chi connectivity index (χ4v) is 0.622. The number of carbonyl (C=O) groups is 1. The average molecular weight is 186 g/mol. The summed E-state index contributed by atoms with van der Waals surface area (Å²) in [6.45, 7) is 7.52. The van der Waals surface area contributed by atoms with Crippen molar-refractivity contribution < 1.29 is 14.3 Å². The lowest BCUT2D eigenvalue weighted by atomic mass is 10.1. The van der Waals surface area contributed by atoms with Crippen molar-refractivity contribution in [2.75, 3.05) is 6.61 Å². The predicted octanol–water partition coefficient (Wildman–Crippen LogP) is 2.27. The van der Waals surface area contributed by atoms with E-state index in [1.807, 2.05) is 27.7 Å². The Morgan fingerprint density at radius 1 is 1.46 bits per heavy atom. The van der Waals surface area contributed by atoms with Gasteiger partial charge in [0.15, 0.2) is 6.61 Å². The van der Waals surface area contributed by atoms with E-state index in [0.29, 0.717) is 0 Å². The summed E-state index contributed by atoms with van der Waals surface area (Å²) in [7, 11) is 0. The van der Waals surface area contributed by atoms with Gasteiger partial charge in [-0.2, -0.15) is 0 Å². The van der Waals surface area contributed by atoms with E-state index >= 15 is 0 Å². The molecule has 0 aliphatic rings. The smallest absolute Gasteiger partial charge is 0.344 e. The van der Waals surface area contributed by atoms with Crippen LogP contribution >= 0.6 is 0 Å². The van der Waals surface area contributed by atoms with Crippen molar-refractivity contribution in [3.63, 3.8) is 0 Å². The van der Waals surface area contributed by atoms with Gasteiger partial charge in [0.2, 0.25) is 0 Å². The van der Waals surface area contributed by atoms with E-state index in [4.69, 9.17) is 9.47 Å². The highest BCUT2D eigenvalue weighted by Gasteiger charge is 2.19. The third-order valence-corrected chi connectivity index (χ3v) is 1.68. The number of ether oxygens (including phenoxy) is 2. The van der Waals surface area contributed by atoms with Gasteiger partial charge in [-0.05, 0) is 27.2 Å². The molecule has 0 heterocycles. The van der Waals surface area contributed by atoms with E-state index < -0.39 is 5.60 Å². The van der Waals surface area contributed by atoms with Crippen LogP contribution in [0.5, 0.6) is 0 Å². The third kappa shape index (κ3) is 6.20. The molecule has 76 valence electrons. The van der Waals surface area contributed by atoms with Gasteiger partial charge in [0.05, 0.1) is 6.26 Å². The summed E-state index contributed by atoms with van der Waals surface area (Å²) >= 11 is 0. The van der Waals surface area contributed by atoms with Gasteiger partial charge in [-0.1, -0.05) is 13.0 Å². The molecule has 3 heteroatoms. The molecule has 0 aliphatic carbocycles. The molecule has 0 aliphatic heterocycles. The maximum atomic E-state index is 11.1. The van der Waals surface area contributed by atoms with Crippen LogP contribution in [0.4, 0.5) is 0 Å². The molecule has 0 N–H and O–H groups in total. The lowest BCUT2D eigenvalue weighted by Gasteiger charge is -2.22. The molecule has 0 unspecified atom stereocenters. The van der Waals surface area contributed by atoms with Gasteiger partial charge in [0.1, 0.15) is 5.60 Å². The first kappa shape index (κ1) is 12.0. The van der Waals surface area contributed by atoms with Crippen molar-refractivity contribution in [3.8, 4) is 0 Å². The Morgan fingerprint density at radius 2 is 2.08 bits per heavy atom. The Bertz CT molecular complexity index is 183. The molecule has 0 rings (SSSR count). The van der Waals surface area contributed by atoms with E-state index in [2.05, 4.69) is 0 Å². The quantitative estimate of drug-likeness (QED) is 0.488. The molecule has 3 nitrogen and oxygen atoms in total. The fourth-order valence-electron chi connectivity index (χ4n) is 0.622. The van der Waals surface area contributed by atoms with E-state index in [1.165, 1.54) is 6.26 Å². The summed E-state index contributed by atoms with van der Waals surface area (Å²) in [5, 5.41) is 0. The van der Waals surface area contributed by atoms with Gasteiger partial charge in [-0.3, -0.25) is 0 Å². The highest BCUT2D eigenvalue weighted by Crippen LogP contribution is 2.13. The van der Waals surface area contributed by atoms with Gasteiger partial charge in [-0.15, -0.1) is 0 Å². The number of allylic oxidation sites excluding steroid dienone is 1. The molecule has 0 fully saturated rings. The molecule has 0 spiro atoms. The first-order chi connectivity index (χ1) is 6.02. The SMILES string of the molecule is C/C=C\OCC(=O)OC(C)(C)CC. The first-order valence-corrected chi connectivity index (χ1v) is 4.46. The normalized spacial score (nSPS) is 11.7. The molecule has 0 aromatic heterocycles. The highest BCUT2D eigenvalue weighted by molar-refractivity contribution is 5.71. The van der Waals surface area contributed by atoms with Crippen molar-refractivity contribution in [2.45, 2.75) is 39.7 Å². The minimum Gasteiger partial charge on any atom is -0.490 e. The zero-order valence-electron chi connectivity index (χ0n) is 8.79. The van der Waals surface area contributed by atoms with Crippen LogP contribution in [0.15, 0.2) is 12.3 Å².